The van der Waals surface area contributed by atoms with E-state index in [1.165, 1.54) is 15.9 Å². The molecule has 0 fully saturated rings. The van der Waals surface area contributed by atoms with E-state index in [9.17, 15) is 14.4 Å². The van der Waals surface area contributed by atoms with Crippen molar-refractivity contribution in [1.82, 2.24) is 9.55 Å². The van der Waals surface area contributed by atoms with Crippen molar-refractivity contribution in [3.8, 4) is 0 Å². The monoisotopic (exact) mass is 403 g/mol. The molecule has 0 aliphatic rings. The Morgan fingerprint density at radius 2 is 2.07 bits per heavy atom. The van der Waals surface area contributed by atoms with Crippen molar-refractivity contribution < 1.29 is 14.3 Å². The van der Waals surface area contributed by atoms with E-state index >= 15 is 0 Å². The van der Waals surface area contributed by atoms with Crippen LogP contribution in [0.2, 0.25) is 0 Å². The van der Waals surface area contributed by atoms with Gasteiger partial charge in [-0.25, -0.2) is 9.78 Å². The summed E-state index contributed by atoms with van der Waals surface area (Å²) in [7, 11) is 1.63. The first kappa shape index (κ1) is 19.1. The van der Waals surface area contributed by atoms with Gasteiger partial charge in [0.15, 0.2) is 5.16 Å². The van der Waals surface area contributed by atoms with Crippen LogP contribution < -0.4 is 10.9 Å². The highest BCUT2D eigenvalue weighted by atomic mass is 32.2. The van der Waals surface area contributed by atoms with Crippen LogP contribution in [-0.4, -0.2) is 33.8 Å². The number of hydrogen-bond donors (Lipinski definition) is 1. The molecule has 27 heavy (non-hydrogen) atoms. The van der Waals surface area contributed by atoms with Crippen molar-refractivity contribution in [2.75, 3.05) is 17.7 Å². The van der Waals surface area contributed by atoms with Gasteiger partial charge in [0.25, 0.3) is 5.56 Å². The highest BCUT2D eigenvalue weighted by molar-refractivity contribution is 7.99. The highest BCUT2D eigenvalue weighted by Crippen LogP contribution is 2.21. The summed E-state index contributed by atoms with van der Waals surface area (Å²) >= 11 is 2.50. The lowest BCUT2D eigenvalue weighted by atomic mass is 10.2. The number of hydrogen-bond acceptors (Lipinski definition) is 7. The lowest BCUT2D eigenvalue weighted by Crippen LogP contribution is -2.21. The molecule has 0 spiro atoms. The van der Waals surface area contributed by atoms with E-state index in [1.807, 2.05) is 5.38 Å². The molecular weight excluding hydrogens is 386 g/mol. The number of amides is 1. The molecule has 3 aromatic rings. The van der Waals surface area contributed by atoms with Crippen molar-refractivity contribution in [3.63, 3.8) is 0 Å². The number of nitrogens with one attached hydrogen (secondary N) is 1. The fourth-order valence-electron chi connectivity index (χ4n) is 2.39. The summed E-state index contributed by atoms with van der Waals surface area (Å²) in [6.07, 6.45) is 0. The fraction of sp³-hybridized carbons (Fsp3) is 0.222. The van der Waals surface area contributed by atoms with Crippen LogP contribution in [-0.2, 0) is 16.6 Å². The van der Waals surface area contributed by atoms with Crippen LogP contribution in [0, 0.1) is 0 Å². The number of carbonyl (C=O) groups is 2. The molecule has 9 heteroatoms. The third-order valence-corrected chi connectivity index (χ3v) is 5.60. The first-order valence-electron chi connectivity index (χ1n) is 8.14. The number of anilines is 1. The molecule has 1 amide bonds. The number of esters is 1. The summed E-state index contributed by atoms with van der Waals surface area (Å²) in [6, 6.07) is 8.44. The van der Waals surface area contributed by atoms with E-state index in [-0.39, 0.29) is 23.8 Å². The van der Waals surface area contributed by atoms with E-state index in [4.69, 9.17) is 4.74 Å². The maximum atomic E-state index is 12.3. The largest absolute Gasteiger partial charge is 0.462 e. The van der Waals surface area contributed by atoms with E-state index in [1.54, 1.807) is 44.3 Å². The Bertz CT molecular complexity index is 1060. The summed E-state index contributed by atoms with van der Waals surface area (Å²) in [5.74, 6) is -0.753. The van der Waals surface area contributed by atoms with Gasteiger partial charge < -0.3 is 10.1 Å². The van der Waals surface area contributed by atoms with Gasteiger partial charge in [0.1, 0.15) is 4.70 Å². The van der Waals surface area contributed by atoms with E-state index < -0.39 is 5.97 Å². The molecular formula is C18H17N3O4S2. The summed E-state index contributed by atoms with van der Waals surface area (Å²) in [5.41, 5.74) is 1.17. The van der Waals surface area contributed by atoms with Crippen LogP contribution in [0.25, 0.3) is 10.2 Å². The average Bonchev–Trinajstić information content (AvgIpc) is 3.13. The number of para-hydroxylation sites is 1. The zero-order chi connectivity index (χ0) is 19.4. The number of ether oxygens (including phenoxy) is 1. The SMILES string of the molecule is CCOC(=O)c1ccccc1NC(=O)CSc1nc2ccsc2c(=O)n1C. The minimum absolute atomic E-state index is 0.0487. The third kappa shape index (κ3) is 4.20. The van der Waals surface area contributed by atoms with Crippen LogP contribution in [0.1, 0.15) is 17.3 Å². The molecule has 2 heterocycles. The zero-order valence-electron chi connectivity index (χ0n) is 14.7. The smallest absolute Gasteiger partial charge is 0.340 e. The molecule has 0 atom stereocenters. The Balaban J connectivity index is 1.72. The molecule has 2 aromatic heterocycles. The number of rotatable bonds is 6. The van der Waals surface area contributed by atoms with Crippen molar-refractivity contribution in [1.29, 1.82) is 0 Å². The van der Waals surface area contributed by atoms with Crippen molar-refractivity contribution in [2.45, 2.75) is 12.1 Å². The number of nitrogens with zero attached hydrogens (tertiary/aromatic N) is 2. The van der Waals surface area contributed by atoms with Crippen LogP contribution in [0.5, 0.6) is 0 Å². The summed E-state index contributed by atoms with van der Waals surface area (Å²) in [5, 5.41) is 4.98. The second-order valence-corrected chi connectivity index (χ2v) is 7.36. The summed E-state index contributed by atoms with van der Waals surface area (Å²) in [4.78, 5) is 41.0. The first-order chi connectivity index (χ1) is 13.0. The Labute approximate surface area is 163 Å². The van der Waals surface area contributed by atoms with Gasteiger partial charge in [0.2, 0.25) is 5.91 Å². The molecule has 140 valence electrons. The number of carbonyl (C=O) groups excluding carboxylic acids is 2. The lowest BCUT2D eigenvalue weighted by Gasteiger charge is -2.11. The number of aromatic nitrogens is 2. The van der Waals surface area contributed by atoms with Crippen molar-refractivity contribution in [3.05, 3.63) is 51.6 Å². The molecule has 0 bridgehead atoms. The van der Waals surface area contributed by atoms with Gasteiger partial charge in [0.05, 0.1) is 29.1 Å². The van der Waals surface area contributed by atoms with Gasteiger partial charge in [-0.15, -0.1) is 11.3 Å². The Morgan fingerprint density at radius 3 is 2.85 bits per heavy atom. The fourth-order valence-corrected chi connectivity index (χ4v) is 3.97. The number of thiophene rings is 1. The van der Waals surface area contributed by atoms with Crippen molar-refractivity contribution >= 4 is 50.9 Å². The summed E-state index contributed by atoms with van der Waals surface area (Å²) in [6.45, 7) is 1.97. The third-order valence-electron chi connectivity index (χ3n) is 3.68. The Hall–Kier alpha value is -2.65. The number of benzene rings is 1. The standard InChI is InChI=1S/C18H17N3O4S2/c1-3-25-17(24)11-6-4-5-7-12(11)19-14(22)10-27-18-20-13-8-9-26-15(13)16(23)21(18)2/h4-9H,3,10H2,1-2H3,(H,19,22). The van der Waals surface area contributed by atoms with Gasteiger partial charge in [0, 0.05) is 7.05 Å². The van der Waals surface area contributed by atoms with Crippen LogP contribution in [0.15, 0.2) is 45.7 Å². The Kier molecular flexibility index (Phi) is 5.92. The molecule has 0 saturated heterocycles. The van der Waals surface area contributed by atoms with Crippen LogP contribution >= 0.6 is 23.1 Å². The first-order valence-corrected chi connectivity index (χ1v) is 10.0. The quantitative estimate of drug-likeness (QED) is 0.387. The lowest BCUT2D eigenvalue weighted by molar-refractivity contribution is -0.113. The van der Waals surface area contributed by atoms with Gasteiger partial charge in [-0.05, 0) is 30.5 Å². The van der Waals surface area contributed by atoms with Crippen LogP contribution in [0.4, 0.5) is 5.69 Å². The Morgan fingerprint density at radius 1 is 1.30 bits per heavy atom. The van der Waals surface area contributed by atoms with Gasteiger partial charge in [-0.3, -0.25) is 14.2 Å². The predicted molar refractivity (Wildman–Crippen MR) is 107 cm³/mol. The molecule has 0 unspecified atom stereocenters. The molecule has 7 nitrogen and oxygen atoms in total. The van der Waals surface area contributed by atoms with Crippen LogP contribution in [0.3, 0.4) is 0 Å². The second kappa shape index (κ2) is 8.36. The average molecular weight is 403 g/mol. The van der Waals surface area contributed by atoms with E-state index in [2.05, 4.69) is 10.3 Å². The predicted octanol–water partition coefficient (Wildman–Crippen LogP) is 2.90. The maximum absolute atomic E-state index is 12.3. The normalized spacial score (nSPS) is 10.7. The molecule has 0 aliphatic heterocycles. The van der Waals surface area contributed by atoms with E-state index in [0.717, 1.165) is 11.8 Å². The van der Waals surface area contributed by atoms with Gasteiger partial charge >= 0.3 is 5.97 Å². The zero-order valence-corrected chi connectivity index (χ0v) is 16.4. The highest BCUT2D eigenvalue weighted by Gasteiger charge is 2.15. The molecule has 0 radical (unpaired) electrons. The number of thioether (sulfide) groups is 1. The minimum atomic E-state index is -0.493. The molecule has 3 rings (SSSR count). The maximum Gasteiger partial charge on any atom is 0.340 e. The molecule has 1 N–H and O–H groups in total. The van der Waals surface area contributed by atoms with Gasteiger partial charge in [-0.1, -0.05) is 23.9 Å². The van der Waals surface area contributed by atoms with Gasteiger partial charge in [-0.2, -0.15) is 0 Å². The number of fused-ring (bicyclic) bond motifs is 1. The molecule has 0 aliphatic carbocycles. The van der Waals surface area contributed by atoms with E-state index in [0.29, 0.717) is 26.6 Å². The topological polar surface area (TPSA) is 90.3 Å². The molecule has 1 aromatic carbocycles. The second-order valence-electron chi connectivity index (χ2n) is 5.50. The summed E-state index contributed by atoms with van der Waals surface area (Å²) < 4.78 is 7.03. The van der Waals surface area contributed by atoms with Crippen molar-refractivity contribution in [2.24, 2.45) is 7.05 Å². The molecule has 0 saturated carbocycles. The minimum Gasteiger partial charge on any atom is -0.462 e.